The second kappa shape index (κ2) is 9.99. The van der Waals surface area contributed by atoms with E-state index in [0.717, 1.165) is 25.7 Å². The Hall–Kier alpha value is -2.97. The van der Waals surface area contributed by atoms with Crippen LogP contribution in [-0.4, -0.2) is 45.7 Å². The fraction of sp³-hybridized carbons (Fsp3) is 0.550. The molecule has 9 nitrogen and oxygen atoms in total. The van der Waals surface area contributed by atoms with Gasteiger partial charge in [0.15, 0.2) is 0 Å². The molecule has 1 aliphatic rings. The van der Waals surface area contributed by atoms with E-state index in [1.807, 2.05) is 0 Å². The number of hydrogen-bond donors (Lipinski definition) is 2. The van der Waals surface area contributed by atoms with Gasteiger partial charge in [0, 0.05) is 18.6 Å². The molecular formula is C20H28N4O5. The number of carbonyl (C=O) groups is 3. The molecule has 0 aliphatic carbocycles. The first-order valence-electron chi connectivity index (χ1n) is 9.91. The van der Waals surface area contributed by atoms with Gasteiger partial charge in [0.1, 0.15) is 18.1 Å². The monoisotopic (exact) mass is 404 g/mol. The number of rotatable bonds is 10. The summed E-state index contributed by atoms with van der Waals surface area (Å²) in [4.78, 5) is 49.3. The standard InChI is InChI=1S/C20H28N4O5/c1-3-4-5-6-7-16-19(26)22-13(2)20(27)23(16)17(18(21)25)12-14-8-10-15(11-9-14)24(28)29/h8-11,13,16-17H,3-7,12H2,1-2H3,(H2,21,25)(H,22,26)/t13-,16-,17-/m0/s1. The lowest BCUT2D eigenvalue weighted by Gasteiger charge is -2.41. The molecule has 1 aromatic rings. The Kier molecular flexibility index (Phi) is 7.69. The van der Waals surface area contributed by atoms with Crippen LogP contribution in [0.4, 0.5) is 5.69 Å². The number of non-ortho nitro benzene ring substituents is 1. The van der Waals surface area contributed by atoms with Crippen LogP contribution in [0.1, 0.15) is 51.5 Å². The first-order chi connectivity index (χ1) is 13.8. The minimum atomic E-state index is -1.01. The predicted octanol–water partition coefficient (Wildman–Crippen LogP) is 1.68. The van der Waals surface area contributed by atoms with Gasteiger partial charge in [-0.3, -0.25) is 24.5 Å². The number of nitrogens with one attached hydrogen (secondary N) is 1. The van der Waals surface area contributed by atoms with Crippen LogP contribution in [0.15, 0.2) is 24.3 Å². The maximum absolute atomic E-state index is 12.9. The number of nitrogens with two attached hydrogens (primary N) is 1. The molecule has 0 bridgehead atoms. The van der Waals surface area contributed by atoms with Crippen LogP contribution in [0.2, 0.25) is 0 Å². The summed E-state index contributed by atoms with van der Waals surface area (Å²) >= 11 is 0. The van der Waals surface area contributed by atoms with E-state index in [-0.39, 0.29) is 23.9 Å². The molecule has 0 aromatic heterocycles. The van der Waals surface area contributed by atoms with Crippen molar-refractivity contribution >= 4 is 23.4 Å². The maximum atomic E-state index is 12.9. The minimum absolute atomic E-state index is 0.0692. The highest BCUT2D eigenvalue weighted by atomic mass is 16.6. The number of benzene rings is 1. The topological polar surface area (TPSA) is 136 Å². The number of hydrogen-bond acceptors (Lipinski definition) is 5. The van der Waals surface area contributed by atoms with Gasteiger partial charge in [-0.15, -0.1) is 0 Å². The van der Waals surface area contributed by atoms with Crippen LogP contribution in [0.25, 0.3) is 0 Å². The Labute approximate surface area is 169 Å². The largest absolute Gasteiger partial charge is 0.368 e. The normalized spacial score (nSPS) is 20.3. The van der Waals surface area contributed by atoms with E-state index >= 15 is 0 Å². The molecule has 2 rings (SSSR count). The quantitative estimate of drug-likeness (QED) is 0.347. The van der Waals surface area contributed by atoms with Crippen LogP contribution >= 0.6 is 0 Å². The van der Waals surface area contributed by atoms with Crippen molar-refractivity contribution in [3.8, 4) is 0 Å². The molecule has 0 unspecified atom stereocenters. The van der Waals surface area contributed by atoms with E-state index in [1.54, 1.807) is 6.92 Å². The van der Waals surface area contributed by atoms with Gasteiger partial charge in [-0.25, -0.2) is 0 Å². The molecule has 3 amide bonds. The second-order valence-electron chi connectivity index (χ2n) is 7.39. The van der Waals surface area contributed by atoms with Gasteiger partial charge in [-0.1, -0.05) is 44.7 Å². The zero-order valence-electron chi connectivity index (χ0n) is 16.8. The van der Waals surface area contributed by atoms with Gasteiger partial charge in [0.25, 0.3) is 5.69 Å². The van der Waals surface area contributed by atoms with Crippen molar-refractivity contribution in [3.63, 3.8) is 0 Å². The van der Waals surface area contributed by atoms with Crippen LogP contribution in [0.3, 0.4) is 0 Å². The number of nitro groups is 1. The summed E-state index contributed by atoms with van der Waals surface area (Å²) in [6.45, 7) is 3.66. The molecule has 0 saturated carbocycles. The molecule has 1 aliphatic heterocycles. The zero-order chi connectivity index (χ0) is 21.6. The second-order valence-corrected chi connectivity index (χ2v) is 7.39. The van der Waals surface area contributed by atoms with Crippen LogP contribution in [0.5, 0.6) is 0 Å². The van der Waals surface area contributed by atoms with Crippen molar-refractivity contribution in [2.45, 2.75) is 70.5 Å². The average molecular weight is 404 g/mol. The lowest BCUT2D eigenvalue weighted by Crippen LogP contribution is -2.67. The Morgan fingerprint density at radius 3 is 2.45 bits per heavy atom. The van der Waals surface area contributed by atoms with E-state index in [2.05, 4.69) is 12.2 Å². The van der Waals surface area contributed by atoms with E-state index in [9.17, 15) is 24.5 Å². The SMILES string of the molecule is CCCCCC[C@H]1C(=O)N[C@@H](C)C(=O)N1[C@@H](Cc1ccc([N+](=O)[O-])cc1)C(N)=O. The molecule has 1 saturated heterocycles. The number of amides is 3. The maximum Gasteiger partial charge on any atom is 0.269 e. The molecule has 1 aromatic carbocycles. The number of carbonyl (C=O) groups excluding carboxylic acids is 3. The molecule has 158 valence electrons. The number of primary amides is 1. The number of nitrogens with zero attached hydrogens (tertiary/aromatic N) is 2. The Morgan fingerprint density at radius 1 is 1.24 bits per heavy atom. The molecule has 3 N–H and O–H groups in total. The first-order valence-corrected chi connectivity index (χ1v) is 9.91. The van der Waals surface area contributed by atoms with Crippen LogP contribution < -0.4 is 11.1 Å². The zero-order valence-corrected chi connectivity index (χ0v) is 16.8. The van der Waals surface area contributed by atoms with Crippen LogP contribution in [0, 0.1) is 10.1 Å². The van der Waals surface area contributed by atoms with Gasteiger partial charge >= 0.3 is 0 Å². The summed E-state index contributed by atoms with van der Waals surface area (Å²) in [5.74, 6) is -1.35. The molecule has 0 radical (unpaired) electrons. The molecule has 1 fully saturated rings. The first kappa shape index (κ1) is 22.3. The van der Waals surface area contributed by atoms with Gasteiger partial charge < -0.3 is 16.0 Å². The van der Waals surface area contributed by atoms with E-state index in [0.29, 0.717) is 12.0 Å². The van der Waals surface area contributed by atoms with E-state index in [4.69, 9.17) is 5.73 Å². The highest BCUT2D eigenvalue weighted by molar-refractivity contribution is 5.99. The van der Waals surface area contributed by atoms with Crippen molar-refractivity contribution in [2.75, 3.05) is 0 Å². The number of unbranched alkanes of at least 4 members (excludes halogenated alkanes) is 3. The molecule has 0 spiro atoms. The third-order valence-corrected chi connectivity index (χ3v) is 5.19. The molecule has 9 heteroatoms. The van der Waals surface area contributed by atoms with Crippen molar-refractivity contribution in [1.82, 2.24) is 10.2 Å². The van der Waals surface area contributed by atoms with Gasteiger partial charge in [0.05, 0.1) is 4.92 Å². The number of piperazine rings is 1. The third-order valence-electron chi connectivity index (χ3n) is 5.19. The minimum Gasteiger partial charge on any atom is -0.368 e. The van der Waals surface area contributed by atoms with Crippen molar-refractivity contribution < 1.29 is 19.3 Å². The van der Waals surface area contributed by atoms with Crippen LogP contribution in [-0.2, 0) is 20.8 Å². The Morgan fingerprint density at radius 2 is 1.90 bits per heavy atom. The predicted molar refractivity (Wildman–Crippen MR) is 107 cm³/mol. The average Bonchev–Trinajstić information content (AvgIpc) is 2.67. The molecule has 3 atom stereocenters. The van der Waals surface area contributed by atoms with Gasteiger partial charge in [-0.05, 0) is 18.9 Å². The Bertz CT molecular complexity index is 765. The smallest absolute Gasteiger partial charge is 0.269 e. The Balaban J connectivity index is 2.26. The van der Waals surface area contributed by atoms with E-state index < -0.39 is 29.0 Å². The van der Waals surface area contributed by atoms with E-state index in [1.165, 1.54) is 29.2 Å². The summed E-state index contributed by atoms with van der Waals surface area (Å²) in [7, 11) is 0. The number of nitro benzene ring substituents is 1. The van der Waals surface area contributed by atoms with Crippen molar-refractivity contribution in [2.24, 2.45) is 5.73 Å². The summed E-state index contributed by atoms with van der Waals surface area (Å²) in [5.41, 5.74) is 6.16. The fourth-order valence-corrected chi connectivity index (χ4v) is 3.59. The van der Waals surface area contributed by atoms with Gasteiger partial charge in [0.2, 0.25) is 17.7 Å². The molecule has 29 heavy (non-hydrogen) atoms. The molecule has 1 heterocycles. The van der Waals surface area contributed by atoms with Crippen molar-refractivity contribution in [1.29, 1.82) is 0 Å². The summed E-state index contributed by atoms with van der Waals surface area (Å²) < 4.78 is 0. The summed E-state index contributed by atoms with van der Waals surface area (Å²) in [6.07, 6.45) is 4.30. The van der Waals surface area contributed by atoms with Gasteiger partial charge in [-0.2, -0.15) is 0 Å². The molecular weight excluding hydrogens is 376 g/mol. The lowest BCUT2D eigenvalue weighted by atomic mass is 9.95. The summed E-state index contributed by atoms with van der Waals surface area (Å²) in [5, 5.41) is 13.5. The summed E-state index contributed by atoms with van der Waals surface area (Å²) in [6, 6.07) is 3.23. The highest BCUT2D eigenvalue weighted by Crippen LogP contribution is 2.23. The fourth-order valence-electron chi connectivity index (χ4n) is 3.59. The lowest BCUT2D eigenvalue weighted by molar-refractivity contribution is -0.384. The van der Waals surface area contributed by atoms with Crippen molar-refractivity contribution in [3.05, 3.63) is 39.9 Å². The highest BCUT2D eigenvalue weighted by Gasteiger charge is 2.43. The third kappa shape index (κ3) is 5.52.